The van der Waals surface area contributed by atoms with E-state index in [0.717, 1.165) is 19.6 Å². The zero-order valence-electron chi connectivity index (χ0n) is 11.7. The maximum Gasteiger partial charge on any atom is 0.0817 e. The van der Waals surface area contributed by atoms with E-state index >= 15 is 0 Å². The Bertz CT molecular complexity index is 399. The molecule has 0 saturated carbocycles. The second-order valence-electron chi connectivity index (χ2n) is 5.05. The van der Waals surface area contributed by atoms with E-state index < -0.39 is 6.10 Å². The Balaban J connectivity index is 2.47. The average molecular weight is 305 g/mol. The number of rotatable bonds is 7. The summed E-state index contributed by atoms with van der Waals surface area (Å²) in [4.78, 5) is 4.34. The van der Waals surface area contributed by atoms with E-state index in [1.54, 1.807) is 6.07 Å². The number of nitrogens with zero attached hydrogens (tertiary/aromatic N) is 2. The molecular weight excluding hydrogens is 283 g/mol. The Morgan fingerprint density at radius 3 is 2.42 bits per heavy atom. The number of hydrogen-bond acceptors (Lipinski definition) is 3. The van der Waals surface area contributed by atoms with Gasteiger partial charge in [0, 0.05) is 25.2 Å². The van der Waals surface area contributed by atoms with Crippen LogP contribution < -0.4 is 0 Å². The van der Waals surface area contributed by atoms with Crippen LogP contribution in [0.25, 0.3) is 0 Å². The average Bonchev–Trinajstić information content (AvgIpc) is 2.36. The van der Waals surface area contributed by atoms with Gasteiger partial charge >= 0.3 is 0 Å². The summed E-state index contributed by atoms with van der Waals surface area (Å²) in [5.74, 6) is 0. The van der Waals surface area contributed by atoms with Gasteiger partial charge in [-0.25, -0.2) is 0 Å². The number of aliphatic hydroxyl groups excluding tert-OH is 1. The van der Waals surface area contributed by atoms with Crippen LogP contribution >= 0.6 is 23.2 Å². The maximum absolute atomic E-state index is 10.2. The monoisotopic (exact) mass is 304 g/mol. The van der Waals surface area contributed by atoms with Crippen molar-refractivity contribution in [3.63, 3.8) is 0 Å². The lowest BCUT2D eigenvalue weighted by Crippen LogP contribution is -2.30. The van der Waals surface area contributed by atoms with E-state index in [2.05, 4.69) is 30.9 Å². The molecule has 1 aromatic rings. The minimum Gasteiger partial charge on any atom is -0.388 e. The van der Waals surface area contributed by atoms with Gasteiger partial charge in [0.2, 0.25) is 0 Å². The van der Waals surface area contributed by atoms with Gasteiger partial charge in [-0.05, 0) is 33.6 Å². The topological polar surface area (TPSA) is 26.7 Å². The number of likely N-dealkylation sites (N-methyl/N-ethyl adjacent to an activating group) is 2. The zero-order chi connectivity index (χ0) is 14.4. The molecule has 19 heavy (non-hydrogen) atoms. The van der Waals surface area contributed by atoms with Gasteiger partial charge in [0.15, 0.2) is 0 Å². The van der Waals surface area contributed by atoms with Crippen LogP contribution in [0.1, 0.15) is 18.1 Å². The quantitative estimate of drug-likeness (QED) is 0.839. The van der Waals surface area contributed by atoms with Crippen molar-refractivity contribution in [1.82, 2.24) is 9.80 Å². The minimum absolute atomic E-state index is 0.451. The van der Waals surface area contributed by atoms with Crippen LogP contribution in [0.3, 0.4) is 0 Å². The van der Waals surface area contributed by atoms with E-state index in [1.165, 1.54) is 0 Å². The van der Waals surface area contributed by atoms with Crippen LogP contribution in [0.15, 0.2) is 18.2 Å². The standard InChI is InChI=1S/C14H22Cl2N2O/c1-17(2)9-10-18(3)8-7-13(19)11-5-4-6-12(15)14(11)16/h4-6,13,19H,7-10H2,1-3H3. The predicted molar refractivity (Wildman–Crippen MR) is 82.1 cm³/mol. The molecule has 0 aliphatic carbocycles. The lowest BCUT2D eigenvalue weighted by Gasteiger charge is -2.21. The molecule has 0 fully saturated rings. The first-order valence-electron chi connectivity index (χ1n) is 6.37. The van der Waals surface area contributed by atoms with E-state index in [1.807, 2.05) is 12.1 Å². The van der Waals surface area contributed by atoms with E-state index in [0.29, 0.717) is 22.0 Å². The van der Waals surface area contributed by atoms with Crippen LogP contribution in [0, 0.1) is 0 Å². The zero-order valence-corrected chi connectivity index (χ0v) is 13.2. The summed E-state index contributed by atoms with van der Waals surface area (Å²) >= 11 is 12.0. The fourth-order valence-corrected chi connectivity index (χ4v) is 2.19. The molecule has 1 atom stereocenters. The highest BCUT2D eigenvalue weighted by Crippen LogP contribution is 2.31. The van der Waals surface area contributed by atoms with Crippen LogP contribution in [-0.2, 0) is 0 Å². The Morgan fingerprint density at radius 1 is 1.11 bits per heavy atom. The number of benzene rings is 1. The highest BCUT2D eigenvalue weighted by molar-refractivity contribution is 6.42. The van der Waals surface area contributed by atoms with Crippen molar-refractivity contribution in [3.8, 4) is 0 Å². The second kappa shape index (κ2) is 8.08. The van der Waals surface area contributed by atoms with Crippen LogP contribution in [-0.4, -0.2) is 55.7 Å². The SMILES string of the molecule is CN(C)CCN(C)CCC(O)c1cccc(Cl)c1Cl. The van der Waals surface area contributed by atoms with Crippen molar-refractivity contribution in [2.45, 2.75) is 12.5 Å². The predicted octanol–water partition coefficient (Wildman–Crippen LogP) is 2.91. The molecule has 1 N–H and O–H groups in total. The molecule has 108 valence electrons. The molecule has 1 rings (SSSR count). The second-order valence-corrected chi connectivity index (χ2v) is 5.84. The highest BCUT2D eigenvalue weighted by Gasteiger charge is 2.14. The first-order valence-corrected chi connectivity index (χ1v) is 7.12. The van der Waals surface area contributed by atoms with Crippen molar-refractivity contribution in [2.24, 2.45) is 0 Å². The molecule has 1 aromatic carbocycles. The molecule has 0 aromatic heterocycles. The van der Waals surface area contributed by atoms with Gasteiger partial charge in [0.25, 0.3) is 0 Å². The third-order valence-corrected chi connectivity index (χ3v) is 3.89. The lowest BCUT2D eigenvalue weighted by molar-refractivity contribution is 0.147. The number of aliphatic hydroxyl groups is 1. The van der Waals surface area contributed by atoms with E-state index in [4.69, 9.17) is 23.2 Å². The Labute approximate surface area is 125 Å². The summed E-state index contributed by atoms with van der Waals surface area (Å²) in [6.07, 6.45) is 0.0669. The molecular formula is C14H22Cl2N2O. The van der Waals surface area contributed by atoms with Gasteiger partial charge in [-0.15, -0.1) is 0 Å². The van der Waals surface area contributed by atoms with Gasteiger partial charge < -0.3 is 14.9 Å². The van der Waals surface area contributed by atoms with Gasteiger partial charge in [-0.3, -0.25) is 0 Å². The maximum atomic E-state index is 10.2. The van der Waals surface area contributed by atoms with Gasteiger partial charge in [0.05, 0.1) is 16.1 Å². The smallest absolute Gasteiger partial charge is 0.0817 e. The van der Waals surface area contributed by atoms with Crippen LogP contribution in [0.5, 0.6) is 0 Å². The van der Waals surface area contributed by atoms with Crippen LogP contribution in [0.4, 0.5) is 0 Å². The Morgan fingerprint density at radius 2 is 1.79 bits per heavy atom. The van der Waals surface area contributed by atoms with Crippen LogP contribution in [0.2, 0.25) is 10.0 Å². The largest absolute Gasteiger partial charge is 0.388 e. The van der Waals surface area contributed by atoms with Gasteiger partial charge in [-0.2, -0.15) is 0 Å². The lowest BCUT2D eigenvalue weighted by atomic mass is 10.1. The summed E-state index contributed by atoms with van der Waals surface area (Å²) in [6, 6.07) is 5.35. The molecule has 0 saturated heterocycles. The summed E-state index contributed by atoms with van der Waals surface area (Å²) < 4.78 is 0. The fraction of sp³-hybridized carbons (Fsp3) is 0.571. The van der Waals surface area contributed by atoms with Crippen molar-refractivity contribution in [1.29, 1.82) is 0 Å². The fourth-order valence-electron chi connectivity index (χ4n) is 1.76. The van der Waals surface area contributed by atoms with Crippen molar-refractivity contribution in [2.75, 3.05) is 40.8 Å². The molecule has 0 radical (unpaired) electrons. The molecule has 0 amide bonds. The Kier molecular flexibility index (Phi) is 7.11. The van der Waals surface area contributed by atoms with Gasteiger partial charge in [0.1, 0.15) is 0 Å². The molecule has 0 aliphatic heterocycles. The first-order chi connectivity index (χ1) is 8.91. The molecule has 3 nitrogen and oxygen atoms in total. The number of halogens is 2. The molecule has 5 heteroatoms. The van der Waals surface area contributed by atoms with Crippen molar-refractivity contribution < 1.29 is 5.11 Å². The van der Waals surface area contributed by atoms with E-state index in [-0.39, 0.29) is 0 Å². The first kappa shape index (κ1) is 16.7. The Hall–Kier alpha value is -0.320. The van der Waals surface area contributed by atoms with Crippen molar-refractivity contribution in [3.05, 3.63) is 33.8 Å². The molecule has 0 spiro atoms. The molecule has 0 heterocycles. The summed E-state index contributed by atoms with van der Waals surface area (Å²) in [7, 11) is 6.15. The molecule has 1 unspecified atom stereocenters. The molecule has 0 bridgehead atoms. The molecule has 0 aliphatic rings. The summed E-state index contributed by atoms with van der Waals surface area (Å²) in [5, 5.41) is 11.1. The van der Waals surface area contributed by atoms with Crippen molar-refractivity contribution >= 4 is 23.2 Å². The third kappa shape index (κ3) is 5.67. The van der Waals surface area contributed by atoms with E-state index in [9.17, 15) is 5.11 Å². The normalized spacial score (nSPS) is 13.3. The minimum atomic E-state index is -0.576. The van der Waals surface area contributed by atoms with Gasteiger partial charge in [-0.1, -0.05) is 35.3 Å². The highest BCUT2D eigenvalue weighted by atomic mass is 35.5. The third-order valence-electron chi connectivity index (χ3n) is 3.05. The summed E-state index contributed by atoms with van der Waals surface area (Å²) in [5.41, 5.74) is 0.704. The summed E-state index contributed by atoms with van der Waals surface area (Å²) in [6.45, 7) is 2.80. The number of hydrogen-bond donors (Lipinski definition) is 1.